The molecule has 2 aromatic carbocycles. The third kappa shape index (κ3) is 6.30. The fraction of sp³-hybridized carbons (Fsp3) is 0.381. The molecule has 7 nitrogen and oxygen atoms in total. The van der Waals surface area contributed by atoms with Gasteiger partial charge in [-0.1, -0.05) is 18.2 Å². The third-order valence-electron chi connectivity index (χ3n) is 5.20. The maximum absolute atomic E-state index is 11.3. The number of hydrogen-bond acceptors (Lipinski definition) is 7. The number of aldehydes is 1. The van der Waals surface area contributed by atoms with Crippen LogP contribution in [0, 0.1) is 0 Å². The number of anilines is 2. The molecule has 162 valence electrons. The SMILES string of the molecule is O=Cc1ccc(N2CCS(=O)(=O)CC2)cc1.O=S1(=O)CCN(c2ccccc2)CC1. The van der Waals surface area contributed by atoms with E-state index >= 15 is 0 Å². The Morgan fingerprint density at radius 1 is 0.600 bits per heavy atom. The van der Waals surface area contributed by atoms with Crippen LogP contribution < -0.4 is 9.80 Å². The zero-order valence-corrected chi connectivity index (χ0v) is 18.3. The number of sulfone groups is 2. The lowest BCUT2D eigenvalue weighted by atomic mass is 10.2. The molecule has 0 radical (unpaired) electrons. The van der Waals surface area contributed by atoms with Gasteiger partial charge in [-0.25, -0.2) is 16.8 Å². The lowest BCUT2D eigenvalue weighted by Gasteiger charge is -2.28. The smallest absolute Gasteiger partial charge is 0.153 e. The first-order chi connectivity index (χ1) is 14.3. The van der Waals surface area contributed by atoms with Gasteiger partial charge >= 0.3 is 0 Å². The van der Waals surface area contributed by atoms with Crippen LogP contribution in [-0.4, -0.2) is 72.3 Å². The molecule has 0 amide bonds. The molecule has 2 saturated heterocycles. The van der Waals surface area contributed by atoms with Crippen LogP contribution in [0.2, 0.25) is 0 Å². The molecule has 0 aliphatic carbocycles. The van der Waals surface area contributed by atoms with Gasteiger partial charge in [-0.05, 0) is 36.4 Å². The Balaban J connectivity index is 0.000000172. The molecule has 0 saturated carbocycles. The first-order valence-electron chi connectivity index (χ1n) is 9.79. The second kappa shape index (κ2) is 9.61. The zero-order chi connectivity index (χ0) is 21.6. The average molecular weight is 451 g/mol. The van der Waals surface area contributed by atoms with Crippen molar-refractivity contribution in [2.24, 2.45) is 0 Å². The van der Waals surface area contributed by atoms with E-state index in [2.05, 4.69) is 4.90 Å². The van der Waals surface area contributed by atoms with Gasteiger partial charge < -0.3 is 9.80 Å². The molecule has 4 rings (SSSR count). The van der Waals surface area contributed by atoms with E-state index in [1.165, 1.54) is 0 Å². The lowest BCUT2D eigenvalue weighted by Crippen LogP contribution is -2.40. The quantitative estimate of drug-likeness (QED) is 0.657. The van der Waals surface area contributed by atoms with Crippen molar-refractivity contribution in [2.75, 3.05) is 59.0 Å². The van der Waals surface area contributed by atoms with Crippen LogP contribution >= 0.6 is 0 Å². The molecule has 2 fully saturated rings. The molecule has 2 aliphatic rings. The highest BCUT2D eigenvalue weighted by Crippen LogP contribution is 2.18. The maximum Gasteiger partial charge on any atom is 0.153 e. The van der Waals surface area contributed by atoms with E-state index in [4.69, 9.17) is 0 Å². The van der Waals surface area contributed by atoms with Gasteiger partial charge in [-0.3, -0.25) is 4.79 Å². The standard InChI is InChI=1S/C11H13NO3S.C10H13NO2S/c13-9-10-1-3-11(4-2-10)12-5-7-16(14,15)8-6-12;12-14(13)8-6-11(7-9-14)10-4-2-1-3-5-10/h1-4,9H,5-8H2;1-5H,6-9H2. The molecule has 2 heterocycles. The second-order valence-electron chi connectivity index (χ2n) is 7.32. The van der Waals surface area contributed by atoms with Crippen LogP contribution in [0.4, 0.5) is 11.4 Å². The van der Waals surface area contributed by atoms with Crippen molar-refractivity contribution in [3.8, 4) is 0 Å². The topological polar surface area (TPSA) is 91.8 Å². The number of benzene rings is 2. The van der Waals surface area contributed by atoms with Gasteiger partial charge in [0.05, 0.1) is 23.0 Å². The Hall–Kier alpha value is -2.39. The molecule has 0 atom stereocenters. The molecule has 0 bridgehead atoms. The van der Waals surface area contributed by atoms with Crippen LogP contribution in [0.15, 0.2) is 54.6 Å². The molecule has 0 N–H and O–H groups in total. The van der Waals surface area contributed by atoms with Gasteiger partial charge in [0.2, 0.25) is 0 Å². The predicted octanol–water partition coefficient (Wildman–Crippen LogP) is 1.66. The largest absolute Gasteiger partial charge is 0.369 e. The highest BCUT2D eigenvalue weighted by molar-refractivity contribution is 7.91. The summed E-state index contributed by atoms with van der Waals surface area (Å²) in [6.45, 7) is 2.30. The maximum atomic E-state index is 11.3. The predicted molar refractivity (Wildman–Crippen MR) is 120 cm³/mol. The summed E-state index contributed by atoms with van der Waals surface area (Å²) >= 11 is 0. The van der Waals surface area contributed by atoms with Gasteiger partial charge in [0.1, 0.15) is 6.29 Å². The summed E-state index contributed by atoms with van der Waals surface area (Å²) in [4.78, 5) is 14.6. The summed E-state index contributed by atoms with van der Waals surface area (Å²) in [6, 6.07) is 17.1. The molecule has 30 heavy (non-hydrogen) atoms. The molecule has 9 heteroatoms. The lowest BCUT2D eigenvalue weighted by molar-refractivity contribution is 0.112. The summed E-state index contributed by atoms with van der Waals surface area (Å²) in [7, 11) is -5.60. The average Bonchev–Trinajstić information content (AvgIpc) is 2.75. The van der Waals surface area contributed by atoms with Gasteiger partial charge in [-0.15, -0.1) is 0 Å². The number of rotatable bonds is 3. The highest BCUT2D eigenvalue weighted by Gasteiger charge is 2.22. The normalized spacial score (nSPS) is 20.0. The van der Waals surface area contributed by atoms with E-state index < -0.39 is 19.7 Å². The van der Waals surface area contributed by atoms with Crippen LogP contribution in [0.5, 0.6) is 0 Å². The molecular weight excluding hydrogens is 424 g/mol. The van der Waals surface area contributed by atoms with Crippen LogP contribution in [0.25, 0.3) is 0 Å². The molecule has 2 aliphatic heterocycles. The minimum absolute atomic E-state index is 0.211. The number of nitrogens with zero attached hydrogens (tertiary/aromatic N) is 2. The van der Waals surface area contributed by atoms with Crippen LogP contribution in [-0.2, 0) is 19.7 Å². The van der Waals surface area contributed by atoms with Gasteiger partial charge in [0, 0.05) is 43.1 Å². The van der Waals surface area contributed by atoms with Crippen molar-refractivity contribution in [3.63, 3.8) is 0 Å². The van der Waals surface area contributed by atoms with Crippen molar-refractivity contribution in [1.29, 1.82) is 0 Å². The van der Waals surface area contributed by atoms with Crippen molar-refractivity contribution in [2.45, 2.75) is 0 Å². The first kappa shape index (κ1) is 22.3. The van der Waals surface area contributed by atoms with E-state index in [9.17, 15) is 21.6 Å². The Kier molecular flexibility index (Phi) is 7.14. The number of carbonyl (C=O) groups is 1. The summed E-state index contributed by atoms with van der Waals surface area (Å²) in [6.07, 6.45) is 0.796. The van der Waals surface area contributed by atoms with E-state index in [-0.39, 0.29) is 23.0 Å². The zero-order valence-electron chi connectivity index (χ0n) is 16.7. The molecular formula is C21H26N2O5S2. The summed E-state index contributed by atoms with van der Waals surface area (Å²) in [5.41, 5.74) is 2.72. The van der Waals surface area contributed by atoms with Crippen molar-refractivity contribution < 1.29 is 21.6 Å². The summed E-state index contributed by atoms with van der Waals surface area (Å²) in [5, 5.41) is 0. The van der Waals surface area contributed by atoms with Crippen LogP contribution in [0.1, 0.15) is 10.4 Å². The molecule has 2 aromatic rings. The van der Waals surface area contributed by atoms with E-state index in [0.717, 1.165) is 17.7 Å². The van der Waals surface area contributed by atoms with Crippen molar-refractivity contribution in [3.05, 3.63) is 60.2 Å². The Morgan fingerprint density at radius 3 is 1.40 bits per heavy atom. The number of para-hydroxylation sites is 1. The Labute approximate surface area is 178 Å². The van der Waals surface area contributed by atoms with E-state index in [0.29, 0.717) is 31.7 Å². The third-order valence-corrected chi connectivity index (χ3v) is 8.42. The Bertz CT molecular complexity index is 1020. The van der Waals surface area contributed by atoms with Crippen molar-refractivity contribution in [1.82, 2.24) is 0 Å². The number of hydrogen-bond donors (Lipinski definition) is 0. The fourth-order valence-electron chi connectivity index (χ4n) is 3.34. The van der Waals surface area contributed by atoms with Crippen molar-refractivity contribution >= 4 is 37.3 Å². The molecule has 0 spiro atoms. The first-order valence-corrected chi connectivity index (χ1v) is 13.4. The minimum atomic E-state index is -2.83. The fourth-order valence-corrected chi connectivity index (χ4v) is 5.75. The van der Waals surface area contributed by atoms with Gasteiger partial charge in [-0.2, -0.15) is 0 Å². The van der Waals surface area contributed by atoms with Gasteiger partial charge in [0.25, 0.3) is 0 Å². The summed E-state index contributed by atoms with van der Waals surface area (Å²) in [5.74, 6) is 0.981. The monoisotopic (exact) mass is 450 g/mol. The minimum Gasteiger partial charge on any atom is -0.369 e. The number of carbonyl (C=O) groups excluding carboxylic acids is 1. The summed E-state index contributed by atoms with van der Waals surface area (Å²) < 4.78 is 44.9. The highest BCUT2D eigenvalue weighted by atomic mass is 32.2. The molecule has 0 unspecified atom stereocenters. The van der Waals surface area contributed by atoms with Gasteiger partial charge in [0.15, 0.2) is 19.7 Å². The van der Waals surface area contributed by atoms with E-state index in [1.807, 2.05) is 47.4 Å². The Morgan fingerprint density at radius 2 is 1.00 bits per heavy atom. The molecule has 0 aromatic heterocycles. The van der Waals surface area contributed by atoms with Crippen LogP contribution in [0.3, 0.4) is 0 Å². The second-order valence-corrected chi connectivity index (χ2v) is 11.9. The van der Waals surface area contributed by atoms with E-state index in [1.54, 1.807) is 12.1 Å².